The Kier molecular flexibility index (Phi) is 3.34. The number of amides is 1. The van der Waals surface area contributed by atoms with Crippen LogP contribution in [0.15, 0.2) is 18.2 Å². The van der Waals surface area contributed by atoms with Crippen molar-refractivity contribution in [1.82, 2.24) is 5.32 Å². The van der Waals surface area contributed by atoms with E-state index in [2.05, 4.69) is 21.2 Å². The van der Waals surface area contributed by atoms with Gasteiger partial charge in [0.25, 0.3) is 11.6 Å². The lowest BCUT2D eigenvalue weighted by Gasteiger charge is -2.14. The molecule has 1 aliphatic rings. The SMILES string of the molecule is O=C(NC1(CBr)CC1)c1ccc([N+](=O)[O-])cc1F. The largest absolute Gasteiger partial charge is 0.346 e. The van der Waals surface area contributed by atoms with Crippen molar-refractivity contribution in [2.75, 3.05) is 5.33 Å². The molecule has 0 spiro atoms. The van der Waals surface area contributed by atoms with Gasteiger partial charge in [-0.1, -0.05) is 15.9 Å². The van der Waals surface area contributed by atoms with Gasteiger partial charge in [-0.3, -0.25) is 14.9 Å². The van der Waals surface area contributed by atoms with E-state index in [9.17, 15) is 19.3 Å². The van der Waals surface area contributed by atoms with E-state index in [1.54, 1.807) is 0 Å². The maximum absolute atomic E-state index is 13.6. The Hall–Kier alpha value is -1.50. The van der Waals surface area contributed by atoms with Gasteiger partial charge in [-0.05, 0) is 18.9 Å². The molecule has 0 bridgehead atoms. The molecule has 1 saturated carbocycles. The maximum atomic E-state index is 13.6. The Labute approximate surface area is 111 Å². The van der Waals surface area contributed by atoms with E-state index >= 15 is 0 Å². The van der Waals surface area contributed by atoms with E-state index in [1.807, 2.05) is 0 Å². The van der Waals surface area contributed by atoms with E-state index in [0.29, 0.717) is 5.33 Å². The molecule has 1 aromatic rings. The monoisotopic (exact) mass is 316 g/mol. The number of carbonyl (C=O) groups is 1. The van der Waals surface area contributed by atoms with Crippen LogP contribution in [0, 0.1) is 15.9 Å². The molecule has 1 amide bonds. The van der Waals surface area contributed by atoms with Crippen molar-refractivity contribution in [2.45, 2.75) is 18.4 Å². The molecule has 18 heavy (non-hydrogen) atoms. The molecule has 0 saturated heterocycles. The zero-order valence-corrected chi connectivity index (χ0v) is 10.9. The Morgan fingerprint density at radius 2 is 2.22 bits per heavy atom. The number of nitro groups is 1. The van der Waals surface area contributed by atoms with Crippen LogP contribution in [0.25, 0.3) is 0 Å². The van der Waals surface area contributed by atoms with E-state index in [4.69, 9.17) is 0 Å². The highest BCUT2D eigenvalue weighted by Gasteiger charge is 2.43. The lowest BCUT2D eigenvalue weighted by atomic mass is 10.1. The number of nitrogens with zero attached hydrogens (tertiary/aromatic N) is 1. The summed E-state index contributed by atoms with van der Waals surface area (Å²) in [5, 5.41) is 13.8. The number of alkyl halides is 1. The fourth-order valence-electron chi connectivity index (χ4n) is 1.55. The molecule has 0 aromatic heterocycles. The van der Waals surface area contributed by atoms with Crippen molar-refractivity contribution < 1.29 is 14.1 Å². The summed E-state index contributed by atoms with van der Waals surface area (Å²) in [6, 6.07) is 3.00. The van der Waals surface area contributed by atoms with Crippen LogP contribution in [-0.4, -0.2) is 21.7 Å². The summed E-state index contributed by atoms with van der Waals surface area (Å²) in [6.07, 6.45) is 1.69. The second-order valence-electron chi connectivity index (χ2n) is 4.29. The molecular weight excluding hydrogens is 307 g/mol. The van der Waals surface area contributed by atoms with Crippen LogP contribution >= 0.6 is 15.9 Å². The normalized spacial score (nSPS) is 16.1. The quantitative estimate of drug-likeness (QED) is 0.526. The Morgan fingerprint density at radius 3 is 2.67 bits per heavy atom. The second-order valence-corrected chi connectivity index (χ2v) is 4.85. The number of benzene rings is 1. The minimum atomic E-state index is -0.882. The van der Waals surface area contributed by atoms with E-state index in [0.717, 1.165) is 31.0 Å². The number of carbonyl (C=O) groups excluding carboxylic acids is 1. The van der Waals surface area contributed by atoms with Gasteiger partial charge in [0.15, 0.2) is 0 Å². The van der Waals surface area contributed by atoms with Crippen molar-refractivity contribution in [2.24, 2.45) is 0 Å². The minimum Gasteiger partial charge on any atom is -0.346 e. The van der Waals surface area contributed by atoms with Crippen molar-refractivity contribution in [3.8, 4) is 0 Å². The Morgan fingerprint density at radius 1 is 1.56 bits per heavy atom. The first-order valence-electron chi connectivity index (χ1n) is 5.30. The Bertz CT molecular complexity index is 517. The van der Waals surface area contributed by atoms with Crippen LogP contribution in [0.1, 0.15) is 23.2 Å². The van der Waals surface area contributed by atoms with Gasteiger partial charge in [0.2, 0.25) is 0 Å². The standard InChI is InChI=1S/C11H10BrFN2O3/c12-6-11(3-4-11)14-10(16)8-2-1-7(15(17)18)5-9(8)13/h1-2,5H,3-4,6H2,(H,14,16). The predicted octanol–water partition coefficient (Wildman–Crippen LogP) is 2.39. The highest BCUT2D eigenvalue weighted by atomic mass is 79.9. The lowest BCUT2D eigenvalue weighted by molar-refractivity contribution is -0.385. The van der Waals surface area contributed by atoms with Crippen molar-refractivity contribution >= 4 is 27.5 Å². The van der Waals surface area contributed by atoms with Gasteiger partial charge < -0.3 is 5.32 Å². The zero-order valence-electron chi connectivity index (χ0n) is 9.28. The molecular formula is C11H10BrFN2O3. The second kappa shape index (κ2) is 4.64. The molecule has 0 atom stereocenters. The minimum absolute atomic E-state index is 0.173. The predicted molar refractivity (Wildman–Crippen MR) is 66.3 cm³/mol. The molecule has 5 nitrogen and oxygen atoms in total. The molecule has 2 rings (SSSR count). The average Bonchev–Trinajstić information content (AvgIpc) is 3.09. The number of nitro benzene ring substituents is 1. The van der Waals surface area contributed by atoms with Gasteiger partial charge in [0, 0.05) is 11.4 Å². The van der Waals surface area contributed by atoms with Gasteiger partial charge in [-0.25, -0.2) is 4.39 Å². The molecule has 96 valence electrons. The summed E-state index contributed by atoms with van der Waals surface area (Å²) in [4.78, 5) is 21.6. The number of non-ortho nitro benzene ring substituents is 1. The van der Waals surface area contributed by atoms with Gasteiger partial charge in [-0.15, -0.1) is 0 Å². The molecule has 0 unspecified atom stereocenters. The highest BCUT2D eigenvalue weighted by Crippen LogP contribution is 2.37. The first-order valence-corrected chi connectivity index (χ1v) is 6.42. The first kappa shape index (κ1) is 12.9. The van der Waals surface area contributed by atoms with Gasteiger partial charge in [0.1, 0.15) is 5.82 Å². The van der Waals surface area contributed by atoms with Crippen LogP contribution in [0.2, 0.25) is 0 Å². The average molecular weight is 317 g/mol. The smallest absolute Gasteiger partial charge is 0.272 e. The molecule has 0 radical (unpaired) electrons. The maximum Gasteiger partial charge on any atom is 0.272 e. The third-order valence-electron chi connectivity index (χ3n) is 2.90. The van der Waals surface area contributed by atoms with Crippen LogP contribution in [0.4, 0.5) is 10.1 Å². The highest BCUT2D eigenvalue weighted by molar-refractivity contribution is 9.09. The summed E-state index contributed by atoms with van der Waals surface area (Å²) in [7, 11) is 0. The molecule has 1 N–H and O–H groups in total. The van der Waals surface area contributed by atoms with Gasteiger partial charge in [-0.2, -0.15) is 0 Å². The van der Waals surface area contributed by atoms with E-state index < -0.39 is 16.6 Å². The van der Waals surface area contributed by atoms with Crippen molar-refractivity contribution in [1.29, 1.82) is 0 Å². The van der Waals surface area contributed by atoms with Crippen LogP contribution in [-0.2, 0) is 0 Å². The van der Waals surface area contributed by atoms with E-state index in [1.165, 1.54) is 0 Å². The first-order chi connectivity index (χ1) is 8.47. The molecule has 1 fully saturated rings. The summed E-state index contributed by atoms with van der Waals surface area (Å²) in [5.74, 6) is -1.42. The number of nitrogens with one attached hydrogen (secondary N) is 1. The van der Waals surface area contributed by atoms with E-state index in [-0.39, 0.29) is 16.8 Å². The zero-order chi connectivity index (χ0) is 13.3. The lowest BCUT2D eigenvalue weighted by Crippen LogP contribution is -2.38. The van der Waals surface area contributed by atoms with Gasteiger partial charge >= 0.3 is 0 Å². The number of rotatable bonds is 4. The fourth-order valence-corrected chi connectivity index (χ4v) is 2.25. The van der Waals surface area contributed by atoms with Crippen LogP contribution in [0.3, 0.4) is 0 Å². The molecule has 0 heterocycles. The number of halogens is 2. The molecule has 1 aliphatic carbocycles. The van der Waals surface area contributed by atoms with Crippen LogP contribution < -0.4 is 5.32 Å². The third kappa shape index (κ3) is 2.50. The molecule has 7 heteroatoms. The Balaban J connectivity index is 2.18. The van der Waals surface area contributed by atoms with Gasteiger partial charge in [0.05, 0.1) is 22.1 Å². The third-order valence-corrected chi connectivity index (χ3v) is 3.97. The topological polar surface area (TPSA) is 72.2 Å². The molecule has 0 aliphatic heterocycles. The fraction of sp³-hybridized carbons (Fsp3) is 0.364. The summed E-state index contributed by atoms with van der Waals surface area (Å²) in [6.45, 7) is 0. The summed E-state index contributed by atoms with van der Waals surface area (Å²) < 4.78 is 13.6. The number of hydrogen-bond acceptors (Lipinski definition) is 3. The number of hydrogen-bond donors (Lipinski definition) is 1. The van der Waals surface area contributed by atoms with Crippen LogP contribution in [0.5, 0.6) is 0 Å². The molecule has 1 aromatic carbocycles. The van der Waals surface area contributed by atoms with Crippen molar-refractivity contribution in [3.63, 3.8) is 0 Å². The van der Waals surface area contributed by atoms with Crippen molar-refractivity contribution in [3.05, 3.63) is 39.7 Å². The summed E-state index contributed by atoms with van der Waals surface area (Å²) >= 11 is 3.29. The summed E-state index contributed by atoms with van der Waals surface area (Å²) in [5.41, 5.74) is -0.829.